The average molecular weight is 360 g/mol. The van der Waals surface area contributed by atoms with E-state index >= 15 is 0 Å². The largest absolute Gasteiger partial charge is 0.466 e. The van der Waals surface area contributed by atoms with Crippen LogP contribution in [0, 0.1) is 13.8 Å². The molecule has 1 amide bonds. The van der Waals surface area contributed by atoms with Crippen molar-refractivity contribution >= 4 is 33.4 Å². The number of aromatic nitrogens is 5. The van der Waals surface area contributed by atoms with E-state index in [1.165, 1.54) is 11.3 Å². The minimum atomic E-state index is -0.303. The molecule has 1 N–H and O–H groups in total. The summed E-state index contributed by atoms with van der Waals surface area (Å²) < 4.78 is 7.28. The molecule has 0 aliphatic heterocycles. The molecule has 3 aromatic rings. The van der Waals surface area contributed by atoms with E-state index in [1.807, 2.05) is 33.8 Å². The molecule has 0 aliphatic rings. The lowest BCUT2D eigenvalue weighted by Crippen LogP contribution is -2.20. The maximum atomic E-state index is 12.1. The van der Waals surface area contributed by atoms with Crippen molar-refractivity contribution in [1.29, 1.82) is 0 Å². The average Bonchev–Trinajstić information content (AvgIpc) is 3.11. The highest BCUT2D eigenvalue weighted by Crippen LogP contribution is 2.27. The standard InChI is InChI=1S/C16H20N6O2S/c1-8(2)15-19-20-16(25-15)18-11(23)7-24-14-12-9(3)6-10(4)17-13(12)22(5)21-14/h6,8H,7H2,1-5H3,(H,18,20,23). The number of hydrogen-bond acceptors (Lipinski definition) is 7. The van der Waals surface area contributed by atoms with Crippen molar-refractivity contribution in [2.24, 2.45) is 7.05 Å². The van der Waals surface area contributed by atoms with E-state index < -0.39 is 0 Å². The molecule has 3 rings (SSSR count). The number of anilines is 1. The van der Waals surface area contributed by atoms with E-state index in [4.69, 9.17) is 4.74 Å². The molecule has 25 heavy (non-hydrogen) atoms. The Kier molecular flexibility index (Phi) is 4.67. The quantitative estimate of drug-likeness (QED) is 0.751. The van der Waals surface area contributed by atoms with E-state index in [0.29, 0.717) is 11.0 Å². The maximum absolute atomic E-state index is 12.1. The first-order valence-electron chi connectivity index (χ1n) is 7.92. The lowest BCUT2D eigenvalue weighted by Gasteiger charge is -2.04. The normalized spacial score (nSPS) is 11.3. The Balaban J connectivity index is 1.71. The third-order valence-electron chi connectivity index (χ3n) is 3.61. The van der Waals surface area contributed by atoms with Crippen LogP contribution in [0.25, 0.3) is 11.0 Å². The van der Waals surface area contributed by atoms with E-state index in [2.05, 4.69) is 25.6 Å². The van der Waals surface area contributed by atoms with Gasteiger partial charge in [0.2, 0.25) is 11.0 Å². The summed E-state index contributed by atoms with van der Waals surface area (Å²) >= 11 is 1.36. The van der Waals surface area contributed by atoms with Crippen LogP contribution >= 0.6 is 11.3 Å². The highest BCUT2D eigenvalue weighted by molar-refractivity contribution is 7.15. The zero-order chi connectivity index (χ0) is 18.1. The van der Waals surface area contributed by atoms with Gasteiger partial charge in [-0.1, -0.05) is 25.2 Å². The first kappa shape index (κ1) is 17.3. The molecular weight excluding hydrogens is 340 g/mol. The molecule has 0 aromatic carbocycles. The van der Waals surface area contributed by atoms with Crippen LogP contribution in [-0.2, 0) is 11.8 Å². The number of pyridine rings is 1. The number of amides is 1. The molecule has 0 saturated heterocycles. The van der Waals surface area contributed by atoms with Crippen LogP contribution in [0.4, 0.5) is 5.13 Å². The number of hydrogen-bond donors (Lipinski definition) is 1. The fraction of sp³-hybridized carbons (Fsp3) is 0.438. The van der Waals surface area contributed by atoms with Crippen molar-refractivity contribution in [3.63, 3.8) is 0 Å². The van der Waals surface area contributed by atoms with Gasteiger partial charge in [-0.05, 0) is 25.5 Å². The summed E-state index contributed by atoms with van der Waals surface area (Å²) in [5, 5.41) is 17.2. The van der Waals surface area contributed by atoms with Crippen molar-refractivity contribution < 1.29 is 9.53 Å². The lowest BCUT2D eigenvalue weighted by molar-refractivity contribution is -0.118. The van der Waals surface area contributed by atoms with Gasteiger partial charge >= 0.3 is 0 Å². The van der Waals surface area contributed by atoms with E-state index in [1.54, 1.807) is 11.7 Å². The van der Waals surface area contributed by atoms with E-state index in [0.717, 1.165) is 27.3 Å². The molecule has 0 unspecified atom stereocenters. The molecule has 0 fully saturated rings. The first-order valence-corrected chi connectivity index (χ1v) is 8.73. The fourth-order valence-electron chi connectivity index (χ4n) is 2.46. The number of nitrogens with one attached hydrogen (secondary N) is 1. The SMILES string of the molecule is Cc1cc(C)c2c(OCC(=O)Nc3nnc(C(C)C)s3)nn(C)c2n1. The Morgan fingerprint density at radius 2 is 2.12 bits per heavy atom. The first-order chi connectivity index (χ1) is 11.8. The summed E-state index contributed by atoms with van der Waals surface area (Å²) in [6.45, 7) is 7.80. The molecule has 0 aliphatic carbocycles. The number of aryl methyl sites for hydroxylation is 3. The Morgan fingerprint density at radius 3 is 2.80 bits per heavy atom. The van der Waals surface area contributed by atoms with Gasteiger partial charge in [-0.3, -0.25) is 10.1 Å². The maximum Gasteiger partial charge on any atom is 0.264 e. The molecule has 0 spiro atoms. The van der Waals surface area contributed by atoms with Gasteiger partial charge in [0.05, 0.1) is 5.39 Å². The molecule has 9 heteroatoms. The van der Waals surface area contributed by atoms with Crippen molar-refractivity contribution in [1.82, 2.24) is 25.0 Å². The van der Waals surface area contributed by atoms with Gasteiger partial charge in [-0.15, -0.1) is 15.3 Å². The Bertz CT molecular complexity index is 930. The lowest BCUT2D eigenvalue weighted by atomic mass is 10.2. The number of carbonyl (C=O) groups excluding carboxylic acids is 1. The summed E-state index contributed by atoms with van der Waals surface area (Å²) in [4.78, 5) is 16.6. The summed E-state index contributed by atoms with van der Waals surface area (Å²) in [6.07, 6.45) is 0. The highest BCUT2D eigenvalue weighted by Gasteiger charge is 2.16. The highest BCUT2D eigenvalue weighted by atomic mass is 32.1. The summed E-state index contributed by atoms with van der Waals surface area (Å²) in [7, 11) is 1.80. The van der Waals surface area contributed by atoms with Crippen molar-refractivity contribution in [2.75, 3.05) is 11.9 Å². The molecular formula is C16H20N6O2S. The fourth-order valence-corrected chi connectivity index (χ4v) is 3.22. The summed E-state index contributed by atoms with van der Waals surface area (Å²) in [5.41, 5.74) is 2.66. The topological polar surface area (TPSA) is 94.8 Å². The Morgan fingerprint density at radius 1 is 1.36 bits per heavy atom. The molecule has 3 aromatic heterocycles. The minimum Gasteiger partial charge on any atom is -0.466 e. The second-order valence-corrected chi connectivity index (χ2v) is 7.15. The summed E-state index contributed by atoms with van der Waals surface area (Å²) in [6, 6.07) is 1.96. The molecule has 8 nitrogen and oxygen atoms in total. The zero-order valence-corrected chi connectivity index (χ0v) is 15.6. The number of carbonyl (C=O) groups is 1. The van der Waals surface area contributed by atoms with Crippen LogP contribution in [0.5, 0.6) is 5.88 Å². The molecule has 0 radical (unpaired) electrons. The second kappa shape index (κ2) is 6.75. The van der Waals surface area contributed by atoms with Gasteiger partial charge in [0.25, 0.3) is 5.91 Å². The van der Waals surface area contributed by atoms with Crippen LogP contribution in [0.2, 0.25) is 0 Å². The third-order valence-corrected chi connectivity index (χ3v) is 4.75. The third kappa shape index (κ3) is 3.60. The van der Waals surface area contributed by atoms with Crippen molar-refractivity contribution in [3.8, 4) is 5.88 Å². The molecule has 0 saturated carbocycles. The number of ether oxygens (including phenoxy) is 1. The van der Waals surface area contributed by atoms with Crippen LogP contribution in [0.15, 0.2) is 6.07 Å². The van der Waals surface area contributed by atoms with Gasteiger partial charge < -0.3 is 4.74 Å². The van der Waals surface area contributed by atoms with E-state index in [9.17, 15) is 4.79 Å². The molecule has 0 atom stereocenters. The molecule has 0 bridgehead atoms. The predicted octanol–water partition coefficient (Wildman–Crippen LogP) is 2.58. The van der Waals surface area contributed by atoms with Gasteiger partial charge in [-0.2, -0.15) is 0 Å². The number of fused-ring (bicyclic) bond motifs is 1. The number of nitrogens with zero attached hydrogens (tertiary/aromatic N) is 5. The van der Waals surface area contributed by atoms with Gasteiger partial charge in [0.15, 0.2) is 12.3 Å². The Hall–Kier alpha value is -2.55. The monoisotopic (exact) mass is 360 g/mol. The summed E-state index contributed by atoms with van der Waals surface area (Å²) in [5.74, 6) is 0.374. The molecule has 132 valence electrons. The van der Waals surface area contributed by atoms with Crippen LogP contribution in [0.1, 0.15) is 36.0 Å². The second-order valence-electron chi connectivity index (χ2n) is 6.14. The minimum absolute atomic E-state index is 0.157. The number of rotatable bonds is 5. The van der Waals surface area contributed by atoms with Crippen LogP contribution in [-0.4, -0.2) is 37.5 Å². The smallest absolute Gasteiger partial charge is 0.264 e. The van der Waals surface area contributed by atoms with Gasteiger partial charge in [-0.25, -0.2) is 9.67 Å². The van der Waals surface area contributed by atoms with Crippen LogP contribution < -0.4 is 10.1 Å². The van der Waals surface area contributed by atoms with Gasteiger partial charge in [0, 0.05) is 18.7 Å². The zero-order valence-electron chi connectivity index (χ0n) is 14.8. The Labute approximate surface area is 149 Å². The van der Waals surface area contributed by atoms with Crippen molar-refractivity contribution in [2.45, 2.75) is 33.6 Å². The predicted molar refractivity (Wildman–Crippen MR) is 96.1 cm³/mol. The van der Waals surface area contributed by atoms with Gasteiger partial charge in [0.1, 0.15) is 5.01 Å². The van der Waals surface area contributed by atoms with E-state index in [-0.39, 0.29) is 18.4 Å². The molecule has 3 heterocycles. The van der Waals surface area contributed by atoms with Crippen molar-refractivity contribution in [3.05, 3.63) is 22.3 Å². The van der Waals surface area contributed by atoms with Crippen LogP contribution in [0.3, 0.4) is 0 Å².